The van der Waals surface area contributed by atoms with E-state index in [0.29, 0.717) is 32.6 Å². The van der Waals surface area contributed by atoms with Gasteiger partial charge in [0.1, 0.15) is 0 Å². The van der Waals surface area contributed by atoms with E-state index in [1.807, 2.05) is 0 Å². The molecule has 0 unspecified atom stereocenters. The molecule has 0 saturated carbocycles. The monoisotopic (exact) mass is 230 g/mol. The van der Waals surface area contributed by atoms with Crippen molar-refractivity contribution in [1.29, 1.82) is 0 Å². The van der Waals surface area contributed by atoms with Crippen molar-refractivity contribution in [3.8, 4) is 0 Å². The summed E-state index contributed by atoms with van der Waals surface area (Å²) in [6, 6.07) is 0. The minimum atomic E-state index is -0.808. The number of rotatable bonds is 4. The smallest absolute Gasteiger partial charge is 0.239 e. The summed E-state index contributed by atoms with van der Waals surface area (Å²) in [6.45, 7) is 5.01. The van der Waals surface area contributed by atoms with Gasteiger partial charge < -0.3 is 20.5 Å². The largest absolute Gasteiger partial charge is 0.388 e. The summed E-state index contributed by atoms with van der Waals surface area (Å²) < 4.78 is 5.18. The van der Waals surface area contributed by atoms with Gasteiger partial charge in [-0.3, -0.25) is 4.79 Å². The fourth-order valence-corrected chi connectivity index (χ4v) is 1.51. The Balaban J connectivity index is 2.41. The van der Waals surface area contributed by atoms with Crippen LogP contribution in [0.4, 0.5) is 0 Å². The Hall–Kier alpha value is -0.650. The van der Waals surface area contributed by atoms with Gasteiger partial charge in [-0.05, 0) is 20.9 Å². The summed E-state index contributed by atoms with van der Waals surface area (Å²) in [5, 5.41) is 15.8. The van der Waals surface area contributed by atoms with Gasteiger partial charge in [0.2, 0.25) is 5.91 Å². The van der Waals surface area contributed by atoms with Gasteiger partial charge in [0.05, 0.1) is 11.1 Å². The van der Waals surface area contributed by atoms with Gasteiger partial charge in [0.15, 0.2) is 0 Å². The summed E-state index contributed by atoms with van der Waals surface area (Å²) in [7, 11) is 1.74. The molecule has 0 atom stereocenters. The van der Waals surface area contributed by atoms with Crippen LogP contribution in [0, 0.1) is 0 Å². The third kappa shape index (κ3) is 3.43. The average molecular weight is 230 g/mol. The summed E-state index contributed by atoms with van der Waals surface area (Å²) in [4.78, 5) is 11.8. The van der Waals surface area contributed by atoms with Crippen molar-refractivity contribution in [2.24, 2.45) is 0 Å². The summed E-state index contributed by atoms with van der Waals surface area (Å²) in [5.74, 6) is -0.102. The molecule has 16 heavy (non-hydrogen) atoms. The topological polar surface area (TPSA) is 70.6 Å². The standard InChI is InChI=1S/C11H22N2O3/c1-10(2,12-3)9(14)13-8-11(15)4-6-16-7-5-11/h12,15H,4-8H2,1-3H3,(H,13,14). The number of aliphatic hydroxyl groups is 1. The number of carbonyl (C=O) groups is 1. The fourth-order valence-electron chi connectivity index (χ4n) is 1.51. The zero-order valence-corrected chi connectivity index (χ0v) is 10.3. The molecule has 0 radical (unpaired) electrons. The highest BCUT2D eigenvalue weighted by Crippen LogP contribution is 2.19. The number of amides is 1. The van der Waals surface area contributed by atoms with Crippen LogP contribution in [0.25, 0.3) is 0 Å². The Morgan fingerprint density at radius 1 is 1.44 bits per heavy atom. The molecule has 1 heterocycles. The summed E-state index contributed by atoms with van der Waals surface area (Å²) in [5.41, 5.74) is -1.42. The quantitative estimate of drug-likeness (QED) is 0.617. The maximum Gasteiger partial charge on any atom is 0.239 e. The lowest BCUT2D eigenvalue weighted by Crippen LogP contribution is -2.55. The number of hydrogen-bond donors (Lipinski definition) is 3. The molecular weight excluding hydrogens is 208 g/mol. The number of hydrogen-bond acceptors (Lipinski definition) is 4. The van der Waals surface area contributed by atoms with Crippen molar-refractivity contribution < 1.29 is 14.6 Å². The predicted molar refractivity (Wildman–Crippen MR) is 61.2 cm³/mol. The molecule has 1 saturated heterocycles. The lowest BCUT2D eigenvalue weighted by Gasteiger charge is -2.33. The number of ether oxygens (including phenoxy) is 1. The number of carbonyl (C=O) groups excluding carboxylic acids is 1. The molecule has 0 aromatic carbocycles. The second kappa shape index (κ2) is 5.12. The Labute approximate surface area is 96.6 Å². The molecule has 94 valence electrons. The highest BCUT2D eigenvalue weighted by Gasteiger charge is 2.32. The molecule has 5 nitrogen and oxygen atoms in total. The van der Waals surface area contributed by atoms with Crippen LogP contribution in [0.15, 0.2) is 0 Å². The van der Waals surface area contributed by atoms with Crippen LogP contribution >= 0.6 is 0 Å². The lowest BCUT2D eigenvalue weighted by atomic mass is 9.94. The Kier molecular flexibility index (Phi) is 4.29. The predicted octanol–water partition coefficient (Wildman–Crippen LogP) is -0.358. The SMILES string of the molecule is CNC(C)(C)C(=O)NCC1(O)CCOCC1. The molecule has 0 bridgehead atoms. The molecule has 1 aliphatic rings. The minimum Gasteiger partial charge on any atom is -0.388 e. The molecule has 5 heteroatoms. The van der Waals surface area contributed by atoms with E-state index >= 15 is 0 Å². The molecule has 0 aromatic rings. The zero-order chi connectivity index (χ0) is 12.2. The summed E-state index contributed by atoms with van der Waals surface area (Å²) >= 11 is 0. The maximum absolute atomic E-state index is 11.8. The van der Waals surface area contributed by atoms with Crippen molar-refractivity contribution in [3.63, 3.8) is 0 Å². The van der Waals surface area contributed by atoms with E-state index in [1.165, 1.54) is 0 Å². The molecule has 1 aliphatic heterocycles. The third-order valence-corrected chi connectivity index (χ3v) is 3.19. The molecule has 1 fully saturated rings. The van der Waals surface area contributed by atoms with Gasteiger partial charge in [0, 0.05) is 32.6 Å². The van der Waals surface area contributed by atoms with E-state index in [2.05, 4.69) is 10.6 Å². The van der Waals surface area contributed by atoms with Gasteiger partial charge in [-0.25, -0.2) is 0 Å². The average Bonchev–Trinajstić information content (AvgIpc) is 2.27. The molecule has 0 aromatic heterocycles. The second-order valence-electron chi connectivity index (χ2n) is 4.89. The first-order valence-corrected chi connectivity index (χ1v) is 5.67. The van der Waals surface area contributed by atoms with Gasteiger partial charge in [0.25, 0.3) is 0 Å². The fraction of sp³-hybridized carbons (Fsp3) is 0.909. The Morgan fingerprint density at radius 3 is 2.50 bits per heavy atom. The van der Waals surface area contributed by atoms with Crippen molar-refractivity contribution in [1.82, 2.24) is 10.6 Å². The van der Waals surface area contributed by atoms with Crippen LogP contribution in [0.2, 0.25) is 0 Å². The van der Waals surface area contributed by atoms with E-state index in [0.717, 1.165) is 0 Å². The Morgan fingerprint density at radius 2 is 2.00 bits per heavy atom. The van der Waals surface area contributed by atoms with Crippen molar-refractivity contribution >= 4 is 5.91 Å². The van der Waals surface area contributed by atoms with Crippen LogP contribution in [0.1, 0.15) is 26.7 Å². The normalized spacial score (nSPS) is 20.5. The molecular formula is C11H22N2O3. The van der Waals surface area contributed by atoms with Crippen LogP contribution in [0.3, 0.4) is 0 Å². The van der Waals surface area contributed by atoms with Crippen molar-refractivity contribution in [2.75, 3.05) is 26.8 Å². The van der Waals surface area contributed by atoms with Crippen LogP contribution < -0.4 is 10.6 Å². The zero-order valence-electron chi connectivity index (χ0n) is 10.3. The molecule has 0 aliphatic carbocycles. The molecule has 3 N–H and O–H groups in total. The maximum atomic E-state index is 11.8. The van der Waals surface area contributed by atoms with Crippen molar-refractivity contribution in [3.05, 3.63) is 0 Å². The Bertz CT molecular complexity index is 248. The minimum absolute atomic E-state index is 0.102. The summed E-state index contributed by atoms with van der Waals surface area (Å²) in [6.07, 6.45) is 1.15. The first-order valence-electron chi connectivity index (χ1n) is 5.67. The third-order valence-electron chi connectivity index (χ3n) is 3.19. The van der Waals surface area contributed by atoms with Crippen LogP contribution in [-0.4, -0.2) is 49.0 Å². The van der Waals surface area contributed by atoms with E-state index in [4.69, 9.17) is 4.74 Å². The van der Waals surface area contributed by atoms with Gasteiger partial charge >= 0.3 is 0 Å². The van der Waals surface area contributed by atoms with E-state index < -0.39 is 11.1 Å². The highest BCUT2D eigenvalue weighted by molar-refractivity contribution is 5.85. The first kappa shape index (κ1) is 13.4. The number of nitrogens with one attached hydrogen (secondary N) is 2. The van der Waals surface area contributed by atoms with Gasteiger partial charge in [-0.15, -0.1) is 0 Å². The van der Waals surface area contributed by atoms with Crippen molar-refractivity contribution in [2.45, 2.75) is 37.8 Å². The van der Waals surface area contributed by atoms with Gasteiger partial charge in [-0.2, -0.15) is 0 Å². The molecule has 0 spiro atoms. The van der Waals surface area contributed by atoms with E-state index in [-0.39, 0.29) is 5.91 Å². The van der Waals surface area contributed by atoms with Crippen LogP contribution in [-0.2, 0) is 9.53 Å². The van der Waals surface area contributed by atoms with E-state index in [9.17, 15) is 9.90 Å². The second-order valence-corrected chi connectivity index (χ2v) is 4.89. The molecule has 1 amide bonds. The van der Waals surface area contributed by atoms with Gasteiger partial charge in [-0.1, -0.05) is 0 Å². The lowest BCUT2D eigenvalue weighted by molar-refractivity contribution is -0.129. The number of likely N-dealkylation sites (N-methyl/N-ethyl adjacent to an activating group) is 1. The van der Waals surface area contributed by atoms with Crippen LogP contribution in [0.5, 0.6) is 0 Å². The molecule has 1 rings (SSSR count). The van der Waals surface area contributed by atoms with E-state index in [1.54, 1.807) is 20.9 Å². The first-order chi connectivity index (χ1) is 7.40. The highest BCUT2D eigenvalue weighted by atomic mass is 16.5.